The molecular weight excluding hydrogens is 414 g/mol. The number of rotatable bonds is 4. The molecule has 0 bridgehead atoms. The highest BCUT2D eigenvalue weighted by Crippen LogP contribution is 2.27. The first-order valence-corrected chi connectivity index (χ1v) is 9.21. The van der Waals surface area contributed by atoms with Crippen LogP contribution in [0, 0.1) is 13.8 Å². The summed E-state index contributed by atoms with van der Waals surface area (Å²) in [7, 11) is 0. The fourth-order valence-corrected chi connectivity index (χ4v) is 3.10. The highest BCUT2D eigenvalue weighted by atomic mass is 79.9. The molecule has 0 aliphatic rings. The van der Waals surface area contributed by atoms with Gasteiger partial charge in [0.15, 0.2) is 0 Å². The van der Waals surface area contributed by atoms with Crippen molar-refractivity contribution in [3.8, 4) is 11.3 Å². The molecule has 0 unspecified atom stereocenters. The second kappa shape index (κ2) is 7.94. The minimum Gasteiger partial charge on any atom is -0.457 e. The molecule has 1 N–H and O–H groups in total. The van der Waals surface area contributed by atoms with Gasteiger partial charge >= 0.3 is 0 Å². The van der Waals surface area contributed by atoms with E-state index in [-0.39, 0.29) is 5.91 Å². The molecule has 2 aromatic carbocycles. The number of nitrogens with one attached hydrogen (secondary N) is 1. The number of anilines is 1. The lowest BCUT2D eigenvalue weighted by Gasteiger charge is -2.06. The van der Waals surface area contributed by atoms with Gasteiger partial charge in [0.1, 0.15) is 11.5 Å². The van der Waals surface area contributed by atoms with E-state index in [9.17, 15) is 4.79 Å². The van der Waals surface area contributed by atoms with Crippen LogP contribution in [0.1, 0.15) is 16.9 Å². The molecule has 0 spiro atoms. The van der Waals surface area contributed by atoms with Gasteiger partial charge in [0.25, 0.3) is 0 Å². The predicted octanol–water partition coefficient (Wildman–Crippen LogP) is 6.63. The largest absolute Gasteiger partial charge is 0.457 e. The van der Waals surface area contributed by atoms with Gasteiger partial charge in [-0.05, 0) is 67.4 Å². The van der Waals surface area contributed by atoms with Gasteiger partial charge in [-0.25, -0.2) is 0 Å². The van der Waals surface area contributed by atoms with Gasteiger partial charge in [-0.2, -0.15) is 0 Å². The van der Waals surface area contributed by atoms with Crippen LogP contribution < -0.4 is 5.32 Å². The molecule has 132 valence electrons. The fourth-order valence-electron chi connectivity index (χ4n) is 2.44. The lowest BCUT2D eigenvalue weighted by atomic mass is 10.1. The lowest BCUT2D eigenvalue weighted by Crippen LogP contribution is -2.08. The van der Waals surface area contributed by atoms with Crippen molar-refractivity contribution < 1.29 is 9.21 Å². The summed E-state index contributed by atoms with van der Waals surface area (Å²) < 4.78 is 6.75. The predicted molar refractivity (Wildman–Crippen MR) is 110 cm³/mol. The standard InChI is InChI=1S/C21H17BrClNO2/c1-13-3-4-15(12-18(13)23)20-9-6-17(26-20)7-10-21(25)24-19-8-5-16(22)11-14(19)2/h3-12H,1-2H3,(H,24,25). The number of carbonyl (C=O) groups is 1. The van der Waals surface area contributed by atoms with E-state index in [1.165, 1.54) is 6.08 Å². The van der Waals surface area contributed by atoms with Crippen molar-refractivity contribution in [2.24, 2.45) is 0 Å². The zero-order chi connectivity index (χ0) is 18.7. The Kier molecular flexibility index (Phi) is 5.64. The average molecular weight is 431 g/mol. The second-order valence-corrected chi connectivity index (χ2v) is 7.27. The average Bonchev–Trinajstić information content (AvgIpc) is 3.07. The van der Waals surface area contributed by atoms with Crippen LogP contribution in [0.15, 0.2) is 63.5 Å². The molecule has 1 aromatic heterocycles. The number of amides is 1. The van der Waals surface area contributed by atoms with Crippen molar-refractivity contribution >= 4 is 45.2 Å². The SMILES string of the molecule is Cc1ccc(-c2ccc(C=CC(=O)Nc3ccc(Br)cc3C)o2)cc1Cl. The Labute approximate surface area is 165 Å². The fraction of sp³-hybridized carbons (Fsp3) is 0.0952. The summed E-state index contributed by atoms with van der Waals surface area (Å²) in [5, 5.41) is 3.55. The lowest BCUT2D eigenvalue weighted by molar-refractivity contribution is -0.111. The summed E-state index contributed by atoms with van der Waals surface area (Å²) in [6, 6.07) is 15.1. The van der Waals surface area contributed by atoms with E-state index in [0.29, 0.717) is 16.5 Å². The van der Waals surface area contributed by atoms with Gasteiger partial charge in [0.2, 0.25) is 5.91 Å². The van der Waals surface area contributed by atoms with Crippen molar-refractivity contribution in [3.63, 3.8) is 0 Å². The Morgan fingerprint density at radius 2 is 1.88 bits per heavy atom. The number of hydrogen-bond acceptors (Lipinski definition) is 2. The normalized spacial score (nSPS) is 11.1. The first-order chi connectivity index (χ1) is 12.4. The maximum Gasteiger partial charge on any atom is 0.248 e. The third-order valence-electron chi connectivity index (χ3n) is 3.93. The number of benzene rings is 2. The zero-order valence-electron chi connectivity index (χ0n) is 14.3. The van der Waals surface area contributed by atoms with E-state index < -0.39 is 0 Å². The van der Waals surface area contributed by atoms with Gasteiger partial charge in [0.05, 0.1) is 0 Å². The minimum atomic E-state index is -0.216. The second-order valence-electron chi connectivity index (χ2n) is 5.95. The molecule has 0 radical (unpaired) electrons. The Hall–Kier alpha value is -2.30. The topological polar surface area (TPSA) is 42.2 Å². The van der Waals surface area contributed by atoms with Crippen LogP contribution in [0.3, 0.4) is 0 Å². The number of hydrogen-bond donors (Lipinski definition) is 1. The van der Waals surface area contributed by atoms with Gasteiger partial charge in [-0.1, -0.05) is 39.7 Å². The first-order valence-electron chi connectivity index (χ1n) is 8.04. The van der Waals surface area contributed by atoms with Crippen LogP contribution in [-0.4, -0.2) is 5.91 Å². The van der Waals surface area contributed by atoms with E-state index in [1.54, 1.807) is 6.08 Å². The van der Waals surface area contributed by atoms with Crippen LogP contribution in [-0.2, 0) is 4.79 Å². The summed E-state index contributed by atoms with van der Waals surface area (Å²) in [6.45, 7) is 3.89. The Morgan fingerprint density at radius 1 is 1.08 bits per heavy atom. The number of halogens is 2. The third-order valence-corrected chi connectivity index (χ3v) is 4.83. The van der Waals surface area contributed by atoms with Gasteiger partial charge in [-0.3, -0.25) is 4.79 Å². The molecule has 3 rings (SSSR count). The van der Waals surface area contributed by atoms with Crippen LogP contribution in [0.25, 0.3) is 17.4 Å². The molecular formula is C21H17BrClNO2. The monoisotopic (exact) mass is 429 g/mol. The number of aryl methyl sites for hydroxylation is 2. The Balaban J connectivity index is 1.69. The Morgan fingerprint density at radius 3 is 2.62 bits per heavy atom. The molecule has 0 aliphatic heterocycles. The molecule has 1 amide bonds. The van der Waals surface area contributed by atoms with Crippen molar-refractivity contribution in [1.29, 1.82) is 0 Å². The summed E-state index contributed by atoms with van der Waals surface area (Å²) >= 11 is 9.57. The summed E-state index contributed by atoms with van der Waals surface area (Å²) in [5.74, 6) is 1.09. The summed E-state index contributed by atoms with van der Waals surface area (Å²) in [5.41, 5.74) is 3.67. The maximum atomic E-state index is 12.1. The van der Waals surface area contributed by atoms with Crippen LogP contribution in [0.5, 0.6) is 0 Å². The van der Waals surface area contributed by atoms with Crippen molar-refractivity contribution in [2.75, 3.05) is 5.32 Å². The van der Waals surface area contributed by atoms with Crippen LogP contribution in [0.4, 0.5) is 5.69 Å². The maximum absolute atomic E-state index is 12.1. The van der Waals surface area contributed by atoms with E-state index in [1.807, 2.05) is 62.4 Å². The summed E-state index contributed by atoms with van der Waals surface area (Å²) in [6.07, 6.45) is 3.09. The van der Waals surface area contributed by atoms with E-state index in [0.717, 1.165) is 26.9 Å². The van der Waals surface area contributed by atoms with E-state index >= 15 is 0 Å². The number of furan rings is 1. The van der Waals surface area contributed by atoms with Crippen molar-refractivity contribution in [3.05, 3.63) is 81.0 Å². The van der Waals surface area contributed by atoms with Gasteiger partial charge in [-0.15, -0.1) is 0 Å². The first kappa shape index (κ1) is 18.5. The van der Waals surface area contributed by atoms with E-state index in [2.05, 4.69) is 21.2 Å². The molecule has 3 nitrogen and oxygen atoms in total. The quantitative estimate of drug-likeness (QED) is 0.472. The molecule has 5 heteroatoms. The zero-order valence-corrected chi connectivity index (χ0v) is 16.7. The molecule has 3 aromatic rings. The molecule has 0 aliphatic carbocycles. The van der Waals surface area contributed by atoms with Crippen molar-refractivity contribution in [1.82, 2.24) is 0 Å². The molecule has 1 heterocycles. The highest BCUT2D eigenvalue weighted by molar-refractivity contribution is 9.10. The Bertz CT molecular complexity index is 991. The van der Waals surface area contributed by atoms with Gasteiger partial charge < -0.3 is 9.73 Å². The van der Waals surface area contributed by atoms with Crippen LogP contribution in [0.2, 0.25) is 5.02 Å². The number of carbonyl (C=O) groups excluding carboxylic acids is 1. The summed E-state index contributed by atoms with van der Waals surface area (Å²) in [4.78, 5) is 12.1. The van der Waals surface area contributed by atoms with E-state index in [4.69, 9.17) is 16.0 Å². The third kappa shape index (κ3) is 4.45. The van der Waals surface area contributed by atoms with Crippen LogP contribution >= 0.6 is 27.5 Å². The molecule has 0 saturated carbocycles. The minimum absolute atomic E-state index is 0.216. The van der Waals surface area contributed by atoms with Crippen molar-refractivity contribution in [2.45, 2.75) is 13.8 Å². The molecule has 0 saturated heterocycles. The molecule has 0 fully saturated rings. The highest BCUT2D eigenvalue weighted by Gasteiger charge is 2.06. The van der Waals surface area contributed by atoms with Gasteiger partial charge in [0, 0.05) is 26.8 Å². The molecule has 26 heavy (non-hydrogen) atoms. The molecule has 0 atom stereocenters. The smallest absolute Gasteiger partial charge is 0.248 e.